The van der Waals surface area contributed by atoms with Gasteiger partial charge in [-0.05, 0) is 71.2 Å². The zero-order valence-corrected chi connectivity index (χ0v) is 18.4. The van der Waals surface area contributed by atoms with E-state index in [1.165, 1.54) is 7.11 Å². The number of methoxy groups -OCH3 is 1. The first kappa shape index (κ1) is 21.4. The molecule has 7 nitrogen and oxygen atoms in total. The van der Waals surface area contributed by atoms with Crippen molar-refractivity contribution >= 4 is 44.6 Å². The van der Waals surface area contributed by atoms with Gasteiger partial charge in [0.1, 0.15) is 11.9 Å². The Morgan fingerprint density at radius 1 is 1.33 bits per heavy atom. The summed E-state index contributed by atoms with van der Waals surface area (Å²) in [6, 6.07) is 11.5. The Morgan fingerprint density at radius 2 is 2.13 bits per heavy atom. The molecule has 2 aromatic carbocycles. The molecule has 0 saturated heterocycles. The number of carbonyl (C=O) groups excluding carboxylic acids is 1. The van der Waals surface area contributed by atoms with E-state index in [9.17, 15) is 10.1 Å². The molecule has 1 heterocycles. The highest BCUT2D eigenvalue weighted by Crippen LogP contribution is 2.37. The summed E-state index contributed by atoms with van der Waals surface area (Å²) in [6.07, 6.45) is 1.70. The van der Waals surface area contributed by atoms with Gasteiger partial charge in [0.2, 0.25) is 0 Å². The second-order valence-electron chi connectivity index (χ2n) is 6.40. The second kappa shape index (κ2) is 9.46. The fourth-order valence-electron chi connectivity index (χ4n) is 2.87. The molecule has 0 spiro atoms. The van der Waals surface area contributed by atoms with Crippen molar-refractivity contribution in [2.24, 2.45) is 0 Å². The van der Waals surface area contributed by atoms with E-state index in [4.69, 9.17) is 14.2 Å². The molecular formula is C22H20BrN3O4. The summed E-state index contributed by atoms with van der Waals surface area (Å²) in [5.74, 6) is 0.802. The van der Waals surface area contributed by atoms with Crippen LogP contribution in [0.1, 0.15) is 23.9 Å². The third kappa shape index (κ3) is 4.81. The molecule has 0 amide bonds. The van der Waals surface area contributed by atoms with Crippen LogP contribution in [0.3, 0.4) is 0 Å². The Hall–Kier alpha value is -3.31. The van der Waals surface area contributed by atoms with Gasteiger partial charge < -0.3 is 19.2 Å². The normalized spacial score (nSPS) is 11.2. The van der Waals surface area contributed by atoms with E-state index in [1.807, 2.05) is 25.1 Å². The standard InChI is InChI=1S/C22H20BrN3O4/c1-4-29-20(27)12-30-21-16(23)9-14(10-19(21)28-3)8-15(11-24)22-25-17-6-5-13(2)7-18(17)26-22/h5-10H,4,12H2,1-3H3,(H,25,26). The largest absolute Gasteiger partial charge is 0.493 e. The van der Waals surface area contributed by atoms with Crippen molar-refractivity contribution in [2.75, 3.05) is 20.3 Å². The average Bonchev–Trinajstić information content (AvgIpc) is 3.13. The lowest BCUT2D eigenvalue weighted by atomic mass is 10.1. The van der Waals surface area contributed by atoms with E-state index < -0.39 is 5.97 Å². The van der Waals surface area contributed by atoms with Crippen molar-refractivity contribution in [3.63, 3.8) is 0 Å². The summed E-state index contributed by atoms with van der Waals surface area (Å²) >= 11 is 3.44. The Kier molecular flexibility index (Phi) is 6.75. The smallest absolute Gasteiger partial charge is 0.344 e. The van der Waals surface area contributed by atoms with Crippen molar-refractivity contribution in [3.05, 3.63) is 51.8 Å². The Balaban J connectivity index is 1.93. The molecule has 0 aliphatic rings. The van der Waals surface area contributed by atoms with Crippen LogP contribution in [-0.4, -0.2) is 36.3 Å². The number of nitrogens with one attached hydrogen (secondary N) is 1. The first-order valence-corrected chi connectivity index (χ1v) is 9.99. The predicted molar refractivity (Wildman–Crippen MR) is 117 cm³/mol. The minimum absolute atomic E-state index is 0.236. The van der Waals surface area contributed by atoms with Gasteiger partial charge in [-0.2, -0.15) is 5.26 Å². The lowest BCUT2D eigenvalue weighted by Gasteiger charge is -2.13. The number of aryl methyl sites for hydroxylation is 1. The molecule has 0 radical (unpaired) electrons. The van der Waals surface area contributed by atoms with E-state index in [0.717, 1.165) is 16.6 Å². The van der Waals surface area contributed by atoms with Gasteiger partial charge in [0.15, 0.2) is 18.1 Å². The van der Waals surface area contributed by atoms with Gasteiger partial charge in [0.25, 0.3) is 0 Å². The summed E-state index contributed by atoms with van der Waals surface area (Å²) in [5.41, 5.74) is 3.84. The van der Waals surface area contributed by atoms with Crippen LogP contribution >= 0.6 is 15.9 Å². The molecule has 0 bridgehead atoms. The van der Waals surface area contributed by atoms with Crippen LogP contribution in [0.15, 0.2) is 34.8 Å². The summed E-state index contributed by atoms with van der Waals surface area (Å²) < 4.78 is 16.4. The number of imidazole rings is 1. The van der Waals surface area contributed by atoms with Crippen molar-refractivity contribution in [1.29, 1.82) is 5.26 Å². The summed E-state index contributed by atoms with van der Waals surface area (Å²) in [5, 5.41) is 9.67. The van der Waals surface area contributed by atoms with Gasteiger partial charge >= 0.3 is 5.97 Å². The lowest BCUT2D eigenvalue weighted by Crippen LogP contribution is -2.15. The zero-order valence-electron chi connectivity index (χ0n) is 16.8. The van der Waals surface area contributed by atoms with E-state index in [0.29, 0.717) is 32.9 Å². The van der Waals surface area contributed by atoms with Crippen LogP contribution in [0.5, 0.6) is 11.5 Å². The number of benzene rings is 2. The lowest BCUT2D eigenvalue weighted by molar-refractivity contribution is -0.145. The Bertz CT molecular complexity index is 1160. The molecule has 0 atom stereocenters. The quantitative estimate of drug-likeness (QED) is 0.399. The number of esters is 1. The number of allylic oxidation sites excluding steroid dienone is 1. The molecule has 0 aliphatic carbocycles. The van der Waals surface area contributed by atoms with Gasteiger partial charge in [-0.3, -0.25) is 0 Å². The third-order valence-electron chi connectivity index (χ3n) is 4.22. The SMILES string of the molecule is CCOC(=O)COc1c(Br)cc(C=C(C#N)c2nc3ccc(C)cc3[nH]2)cc1OC. The Morgan fingerprint density at radius 3 is 2.83 bits per heavy atom. The fraction of sp³-hybridized carbons (Fsp3) is 0.227. The number of aromatic nitrogens is 2. The summed E-state index contributed by atoms with van der Waals surface area (Å²) in [6.45, 7) is 3.77. The molecule has 8 heteroatoms. The molecule has 0 unspecified atom stereocenters. The number of H-pyrrole nitrogens is 1. The van der Waals surface area contributed by atoms with Crippen LogP contribution < -0.4 is 9.47 Å². The molecular weight excluding hydrogens is 450 g/mol. The van der Waals surface area contributed by atoms with Crippen molar-refractivity contribution < 1.29 is 19.0 Å². The maximum atomic E-state index is 11.6. The number of nitrogens with zero attached hydrogens (tertiary/aromatic N) is 2. The highest BCUT2D eigenvalue weighted by atomic mass is 79.9. The highest BCUT2D eigenvalue weighted by molar-refractivity contribution is 9.10. The van der Waals surface area contributed by atoms with Crippen LogP contribution in [0.4, 0.5) is 0 Å². The van der Waals surface area contributed by atoms with E-state index in [1.54, 1.807) is 25.1 Å². The van der Waals surface area contributed by atoms with E-state index >= 15 is 0 Å². The topological polar surface area (TPSA) is 97.2 Å². The molecule has 154 valence electrons. The molecule has 30 heavy (non-hydrogen) atoms. The molecule has 0 saturated carbocycles. The maximum absolute atomic E-state index is 11.6. The van der Waals surface area contributed by atoms with Gasteiger partial charge in [0.05, 0.1) is 34.8 Å². The number of rotatable bonds is 7. The number of hydrogen-bond acceptors (Lipinski definition) is 6. The molecule has 0 fully saturated rings. The van der Waals surface area contributed by atoms with Crippen LogP contribution in [0.2, 0.25) is 0 Å². The van der Waals surface area contributed by atoms with E-state index in [-0.39, 0.29) is 13.2 Å². The van der Waals surface area contributed by atoms with Crippen LogP contribution in [0.25, 0.3) is 22.7 Å². The number of halogens is 1. The van der Waals surface area contributed by atoms with Gasteiger partial charge in [-0.1, -0.05) is 6.07 Å². The minimum atomic E-state index is -0.470. The summed E-state index contributed by atoms with van der Waals surface area (Å²) in [4.78, 5) is 19.3. The highest BCUT2D eigenvalue weighted by Gasteiger charge is 2.15. The predicted octanol–water partition coefficient (Wildman–Crippen LogP) is 4.65. The van der Waals surface area contributed by atoms with Crippen molar-refractivity contribution in [1.82, 2.24) is 9.97 Å². The van der Waals surface area contributed by atoms with Crippen LogP contribution in [-0.2, 0) is 9.53 Å². The fourth-order valence-corrected chi connectivity index (χ4v) is 3.44. The number of fused-ring (bicyclic) bond motifs is 1. The molecule has 3 rings (SSSR count). The zero-order chi connectivity index (χ0) is 21.7. The number of hydrogen-bond donors (Lipinski definition) is 1. The Labute approximate surface area is 182 Å². The molecule has 0 aliphatic heterocycles. The summed E-state index contributed by atoms with van der Waals surface area (Å²) in [7, 11) is 1.50. The first-order valence-electron chi connectivity index (χ1n) is 9.19. The number of aromatic amines is 1. The minimum Gasteiger partial charge on any atom is -0.493 e. The third-order valence-corrected chi connectivity index (χ3v) is 4.80. The number of ether oxygens (including phenoxy) is 3. The molecule has 1 N–H and O–H groups in total. The van der Waals surface area contributed by atoms with Gasteiger partial charge in [0, 0.05) is 0 Å². The average molecular weight is 470 g/mol. The van der Waals surface area contributed by atoms with Gasteiger partial charge in [-0.25, -0.2) is 9.78 Å². The molecule has 3 aromatic rings. The molecule has 1 aromatic heterocycles. The number of carbonyl (C=O) groups is 1. The van der Waals surface area contributed by atoms with Crippen molar-refractivity contribution in [2.45, 2.75) is 13.8 Å². The first-order chi connectivity index (χ1) is 14.4. The van der Waals surface area contributed by atoms with Crippen LogP contribution in [0, 0.1) is 18.3 Å². The van der Waals surface area contributed by atoms with Crippen molar-refractivity contribution in [3.8, 4) is 17.6 Å². The number of nitriles is 1. The van der Waals surface area contributed by atoms with Gasteiger partial charge in [-0.15, -0.1) is 0 Å². The maximum Gasteiger partial charge on any atom is 0.344 e. The van der Waals surface area contributed by atoms with E-state index in [2.05, 4.69) is 32.0 Å². The second-order valence-corrected chi connectivity index (χ2v) is 7.26. The monoisotopic (exact) mass is 469 g/mol.